The number of aliphatic hydroxyl groups is 1. The van der Waals surface area contributed by atoms with Gasteiger partial charge in [0, 0.05) is 19.3 Å². The zero-order valence-corrected chi connectivity index (χ0v) is 13.3. The first-order valence-electron chi connectivity index (χ1n) is 7.05. The van der Waals surface area contributed by atoms with Crippen molar-refractivity contribution in [1.29, 1.82) is 0 Å². The number of anilines is 1. The molecule has 0 aliphatic rings. The summed E-state index contributed by atoms with van der Waals surface area (Å²) in [6.45, 7) is 2.15. The summed E-state index contributed by atoms with van der Waals surface area (Å²) in [5, 5.41) is 12.9. The van der Waals surface area contributed by atoms with Crippen LogP contribution in [0.5, 0.6) is 0 Å². The topological polar surface area (TPSA) is 91.3 Å². The van der Waals surface area contributed by atoms with E-state index in [0.29, 0.717) is 17.9 Å². The van der Waals surface area contributed by atoms with Crippen LogP contribution in [0.15, 0.2) is 47.5 Å². The van der Waals surface area contributed by atoms with Crippen molar-refractivity contribution in [2.45, 2.75) is 17.9 Å². The Morgan fingerprint density at radius 3 is 2.48 bits per heavy atom. The Kier molecular flexibility index (Phi) is 5.64. The van der Waals surface area contributed by atoms with Gasteiger partial charge in [0.15, 0.2) is 0 Å². The Balaban J connectivity index is 1.97. The molecule has 8 heteroatoms. The molecule has 6 nitrogen and oxygen atoms in total. The number of pyridine rings is 1. The average Bonchev–Trinajstić information content (AvgIpc) is 2.53. The van der Waals surface area contributed by atoms with E-state index in [1.54, 1.807) is 6.92 Å². The highest BCUT2D eigenvalue weighted by molar-refractivity contribution is 7.89. The fourth-order valence-corrected chi connectivity index (χ4v) is 2.91. The van der Waals surface area contributed by atoms with Crippen molar-refractivity contribution in [3.05, 3.63) is 54.0 Å². The predicted molar refractivity (Wildman–Crippen MR) is 84.9 cm³/mol. The molecule has 0 bridgehead atoms. The summed E-state index contributed by atoms with van der Waals surface area (Å²) in [5.74, 6) is 0.0645. The summed E-state index contributed by atoms with van der Waals surface area (Å²) in [7, 11) is -3.53. The standard InChI is InChI=1S/C15H18FN3O3S/c1-2-19-23(21,22)13-7-8-15(17-9-13)18-10-14(20)11-3-5-12(16)6-4-11/h3-9,14,19-20H,2,10H2,1H3,(H,17,18)/t14-/m0/s1. The zero-order valence-electron chi connectivity index (χ0n) is 12.5. The van der Waals surface area contributed by atoms with Gasteiger partial charge >= 0.3 is 0 Å². The van der Waals surface area contributed by atoms with Crippen molar-refractivity contribution < 1.29 is 17.9 Å². The summed E-state index contributed by atoms with van der Waals surface area (Å²) in [6.07, 6.45) is 0.410. The minimum atomic E-state index is -3.53. The number of hydrogen-bond donors (Lipinski definition) is 3. The van der Waals surface area contributed by atoms with E-state index >= 15 is 0 Å². The second kappa shape index (κ2) is 7.49. The number of rotatable bonds is 7. The molecule has 1 aromatic heterocycles. The van der Waals surface area contributed by atoms with Gasteiger partial charge in [0.25, 0.3) is 0 Å². The van der Waals surface area contributed by atoms with Crippen molar-refractivity contribution in [3.8, 4) is 0 Å². The van der Waals surface area contributed by atoms with Gasteiger partial charge in [-0.15, -0.1) is 0 Å². The van der Waals surface area contributed by atoms with Crippen molar-refractivity contribution in [3.63, 3.8) is 0 Å². The Bertz CT molecular complexity index is 734. The average molecular weight is 339 g/mol. The van der Waals surface area contributed by atoms with E-state index in [2.05, 4.69) is 15.0 Å². The van der Waals surface area contributed by atoms with E-state index in [-0.39, 0.29) is 17.3 Å². The molecule has 0 spiro atoms. The van der Waals surface area contributed by atoms with Crippen LogP contribution in [0, 0.1) is 5.82 Å². The molecular formula is C15H18FN3O3S. The second-order valence-corrected chi connectivity index (χ2v) is 6.60. The normalized spacial score (nSPS) is 12.8. The molecule has 0 radical (unpaired) electrons. The van der Waals surface area contributed by atoms with Crippen molar-refractivity contribution in [2.24, 2.45) is 0 Å². The molecule has 0 saturated carbocycles. The summed E-state index contributed by atoms with van der Waals surface area (Å²) in [5.41, 5.74) is 0.574. The highest BCUT2D eigenvalue weighted by Crippen LogP contribution is 2.15. The molecule has 124 valence electrons. The van der Waals surface area contributed by atoms with Gasteiger partial charge in [-0.25, -0.2) is 22.5 Å². The largest absolute Gasteiger partial charge is 0.387 e. The maximum absolute atomic E-state index is 12.8. The van der Waals surface area contributed by atoms with Crippen molar-refractivity contribution in [2.75, 3.05) is 18.4 Å². The molecule has 3 N–H and O–H groups in total. The lowest BCUT2D eigenvalue weighted by atomic mass is 10.1. The third kappa shape index (κ3) is 4.72. The van der Waals surface area contributed by atoms with Gasteiger partial charge in [0.1, 0.15) is 16.5 Å². The van der Waals surface area contributed by atoms with E-state index in [9.17, 15) is 17.9 Å². The van der Waals surface area contributed by atoms with Crippen LogP contribution in [0.3, 0.4) is 0 Å². The summed E-state index contributed by atoms with van der Waals surface area (Å²) < 4.78 is 38.8. The van der Waals surface area contributed by atoms with Gasteiger partial charge < -0.3 is 10.4 Å². The first kappa shape index (κ1) is 17.3. The highest BCUT2D eigenvalue weighted by atomic mass is 32.2. The second-order valence-electron chi connectivity index (χ2n) is 4.83. The fraction of sp³-hybridized carbons (Fsp3) is 0.267. The number of sulfonamides is 1. The van der Waals surface area contributed by atoms with Crippen LogP contribution in [0.4, 0.5) is 10.2 Å². The fourth-order valence-electron chi connectivity index (χ4n) is 1.92. The smallest absolute Gasteiger partial charge is 0.242 e. The molecule has 1 aromatic carbocycles. The monoisotopic (exact) mass is 339 g/mol. The summed E-state index contributed by atoms with van der Waals surface area (Å²) in [6, 6.07) is 8.50. The molecule has 0 aliphatic heterocycles. The third-order valence-electron chi connectivity index (χ3n) is 3.11. The van der Waals surface area contributed by atoms with E-state index in [1.807, 2.05) is 0 Å². The molecule has 0 saturated heterocycles. The predicted octanol–water partition coefficient (Wildman–Crippen LogP) is 1.66. The molecule has 0 unspecified atom stereocenters. The number of aliphatic hydroxyl groups excluding tert-OH is 1. The number of hydrogen-bond acceptors (Lipinski definition) is 5. The van der Waals surface area contributed by atoms with Crippen LogP contribution in [-0.2, 0) is 10.0 Å². The van der Waals surface area contributed by atoms with Crippen LogP contribution in [0.2, 0.25) is 0 Å². The van der Waals surface area contributed by atoms with Crippen LogP contribution in [-0.4, -0.2) is 31.6 Å². The molecule has 0 aliphatic carbocycles. The van der Waals surface area contributed by atoms with Crippen LogP contribution in [0.25, 0.3) is 0 Å². The number of halogens is 1. The van der Waals surface area contributed by atoms with E-state index in [4.69, 9.17) is 0 Å². The molecular weight excluding hydrogens is 321 g/mol. The first-order valence-corrected chi connectivity index (χ1v) is 8.54. The molecule has 23 heavy (non-hydrogen) atoms. The van der Waals surface area contributed by atoms with Gasteiger partial charge in [0.2, 0.25) is 10.0 Å². The maximum Gasteiger partial charge on any atom is 0.242 e. The highest BCUT2D eigenvalue weighted by Gasteiger charge is 2.13. The molecule has 1 atom stereocenters. The lowest BCUT2D eigenvalue weighted by Crippen LogP contribution is -2.23. The number of aromatic nitrogens is 1. The van der Waals surface area contributed by atoms with Gasteiger partial charge in [-0.3, -0.25) is 0 Å². The summed E-state index contributed by atoms with van der Waals surface area (Å²) >= 11 is 0. The van der Waals surface area contributed by atoms with Gasteiger partial charge in [-0.2, -0.15) is 0 Å². The minimum absolute atomic E-state index is 0.0731. The van der Waals surface area contributed by atoms with Gasteiger partial charge in [0.05, 0.1) is 6.10 Å². The SMILES string of the molecule is CCNS(=O)(=O)c1ccc(NC[C@H](O)c2ccc(F)cc2)nc1. The maximum atomic E-state index is 12.8. The number of nitrogens with zero attached hydrogens (tertiary/aromatic N) is 1. The lowest BCUT2D eigenvalue weighted by molar-refractivity contribution is 0.191. The van der Waals surface area contributed by atoms with Gasteiger partial charge in [-0.1, -0.05) is 19.1 Å². The first-order chi connectivity index (χ1) is 10.9. The lowest BCUT2D eigenvalue weighted by Gasteiger charge is -2.13. The summed E-state index contributed by atoms with van der Waals surface area (Å²) in [4.78, 5) is 4.08. The van der Waals surface area contributed by atoms with Crippen LogP contribution >= 0.6 is 0 Å². The minimum Gasteiger partial charge on any atom is -0.387 e. The molecule has 2 rings (SSSR count). The van der Waals surface area contributed by atoms with Crippen LogP contribution in [0.1, 0.15) is 18.6 Å². The molecule has 0 amide bonds. The molecule has 2 aromatic rings. The number of nitrogens with one attached hydrogen (secondary N) is 2. The van der Waals surface area contributed by atoms with Crippen molar-refractivity contribution >= 4 is 15.8 Å². The molecule has 1 heterocycles. The van der Waals surface area contributed by atoms with Gasteiger partial charge in [-0.05, 0) is 29.8 Å². The zero-order chi connectivity index (χ0) is 16.9. The molecule has 0 fully saturated rings. The Labute approximate surface area is 134 Å². The van der Waals surface area contributed by atoms with Crippen molar-refractivity contribution in [1.82, 2.24) is 9.71 Å². The van der Waals surface area contributed by atoms with E-state index in [0.717, 1.165) is 0 Å². The Morgan fingerprint density at radius 2 is 1.91 bits per heavy atom. The van der Waals surface area contributed by atoms with Crippen LogP contribution < -0.4 is 10.0 Å². The number of benzene rings is 1. The van der Waals surface area contributed by atoms with E-state index in [1.165, 1.54) is 42.6 Å². The Morgan fingerprint density at radius 1 is 1.22 bits per heavy atom. The Hall–Kier alpha value is -2.03. The quantitative estimate of drug-likeness (QED) is 0.714. The van der Waals surface area contributed by atoms with E-state index < -0.39 is 16.1 Å². The third-order valence-corrected chi connectivity index (χ3v) is 4.64.